The molecule has 1 aromatic rings. The Hall–Kier alpha value is -0.380. The molecule has 0 spiro atoms. The average molecular weight is 195 g/mol. The second kappa shape index (κ2) is 2.35. The third-order valence-electron chi connectivity index (χ3n) is 3.43. The molecule has 1 aliphatic heterocycles. The van der Waals surface area contributed by atoms with Crippen molar-refractivity contribution >= 4 is 11.3 Å². The van der Waals surface area contributed by atoms with Gasteiger partial charge in [0.1, 0.15) is 0 Å². The van der Waals surface area contributed by atoms with Gasteiger partial charge in [-0.15, -0.1) is 11.3 Å². The van der Waals surface area contributed by atoms with Gasteiger partial charge in [-0.1, -0.05) is 6.07 Å². The van der Waals surface area contributed by atoms with Crippen molar-refractivity contribution in [2.75, 3.05) is 13.2 Å². The molecule has 3 rings (SSSR count). The molecule has 0 aromatic carbocycles. The molecule has 0 bridgehead atoms. The van der Waals surface area contributed by atoms with Crippen molar-refractivity contribution in [3.8, 4) is 0 Å². The Labute approximate surface area is 81.7 Å². The van der Waals surface area contributed by atoms with E-state index in [2.05, 4.69) is 17.5 Å². The monoisotopic (exact) mass is 195 g/mol. The van der Waals surface area contributed by atoms with Crippen LogP contribution >= 0.6 is 11.3 Å². The van der Waals surface area contributed by atoms with Crippen molar-refractivity contribution < 1.29 is 4.74 Å². The van der Waals surface area contributed by atoms with Crippen LogP contribution < -0.4 is 5.73 Å². The number of thiophene rings is 1. The maximum Gasteiger partial charge on any atom is 0.0693 e. The smallest absolute Gasteiger partial charge is 0.0693 e. The zero-order valence-electron chi connectivity index (χ0n) is 7.45. The van der Waals surface area contributed by atoms with Gasteiger partial charge in [0.25, 0.3) is 0 Å². The van der Waals surface area contributed by atoms with E-state index in [0.717, 1.165) is 26.1 Å². The maximum atomic E-state index is 6.30. The molecule has 2 heterocycles. The van der Waals surface area contributed by atoms with Gasteiger partial charge < -0.3 is 10.5 Å². The molecule has 2 N–H and O–H groups in total. The van der Waals surface area contributed by atoms with E-state index in [1.165, 1.54) is 4.88 Å². The molecule has 3 heteroatoms. The van der Waals surface area contributed by atoms with Gasteiger partial charge in [0.05, 0.1) is 18.6 Å². The van der Waals surface area contributed by atoms with Gasteiger partial charge in [0.2, 0.25) is 0 Å². The SMILES string of the molecule is NC1(C2(c3cccs3)COC2)CC1. The van der Waals surface area contributed by atoms with E-state index in [1.54, 1.807) is 0 Å². The van der Waals surface area contributed by atoms with E-state index < -0.39 is 0 Å². The third-order valence-corrected chi connectivity index (χ3v) is 4.51. The van der Waals surface area contributed by atoms with Gasteiger partial charge in [-0.3, -0.25) is 0 Å². The third kappa shape index (κ3) is 0.897. The largest absolute Gasteiger partial charge is 0.379 e. The molecule has 1 aromatic heterocycles. The number of nitrogens with two attached hydrogens (primary N) is 1. The molecule has 13 heavy (non-hydrogen) atoms. The molecule has 2 nitrogen and oxygen atoms in total. The normalized spacial score (nSPS) is 28.1. The zero-order chi connectivity index (χ0) is 8.94. The van der Waals surface area contributed by atoms with Crippen LogP contribution in [0.3, 0.4) is 0 Å². The Kier molecular flexibility index (Phi) is 1.44. The first-order valence-electron chi connectivity index (χ1n) is 4.68. The van der Waals surface area contributed by atoms with E-state index in [0.29, 0.717) is 0 Å². The highest BCUT2D eigenvalue weighted by Crippen LogP contribution is 2.54. The van der Waals surface area contributed by atoms with E-state index in [9.17, 15) is 0 Å². The molecule has 2 aliphatic rings. The van der Waals surface area contributed by atoms with Gasteiger partial charge >= 0.3 is 0 Å². The fourth-order valence-electron chi connectivity index (χ4n) is 2.15. The predicted molar refractivity (Wildman–Crippen MR) is 53.0 cm³/mol. The van der Waals surface area contributed by atoms with Gasteiger partial charge in [0.15, 0.2) is 0 Å². The summed E-state index contributed by atoms with van der Waals surface area (Å²) < 4.78 is 5.36. The summed E-state index contributed by atoms with van der Waals surface area (Å²) in [7, 11) is 0. The minimum absolute atomic E-state index is 0.0517. The second-order valence-electron chi connectivity index (χ2n) is 4.21. The lowest BCUT2D eigenvalue weighted by molar-refractivity contribution is -0.0767. The summed E-state index contributed by atoms with van der Waals surface area (Å²) in [5.74, 6) is 0. The molecule has 0 amide bonds. The summed E-state index contributed by atoms with van der Waals surface area (Å²) in [5, 5.41) is 2.13. The van der Waals surface area contributed by atoms with Crippen LogP contribution in [-0.2, 0) is 10.2 Å². The van der Waals surface area contributed by atoms with Crippen molar-refractivity contribution in [3.05, 3.63) is 22.4 Å². The van der Waals surface area contributed by atoms with Gasteiger partial charge in [0, 0.05) is 10.4 Å². The topological polar surface area (TPSA) is 35.2 Å². The lowest BCUT2D eigenvalue weighted by Crippen LogP contribution is -2.60. The lowest BCUT2D eigenvalue weighted by Gasteiger charge is -2.45. The first-order valence-corrected chi connectivity index (χ1v) is 5.56. The Morgan fingerprint density at radius 3 is 2.54 bits per heavy atom. The lowest BCUT2D eigenvalue weighted by atomic mass is 9.75. The van der Waals surface area contributed by atoms with Crippen molar-refractivity contribution in [2.45, 2.75) is 23.8 Å². The molecular weight excluding hydrogens is 182 g/mol. The molecule has 0 radical (unpaired) electrons. The average Bonchev–Trinajstić information content (AvgIpc) is 2.61. The van der Waals surface area contributed by atoms with Crippen LogP contribution in [0.15, 0.2) is 17.5 Å². The van der Waals surface area contributed by atoms with Crippen LogP contribution in [0.25, 0.3) is 0 Å². The number of hydrogen-bond donors (Lipinski definition) is 1. The first kappa shape index (κ1) is 7.97. The highest BCUT2D eigenvalue weighted by molar-refractivity contribution is 7.10. The fraction of sp³-hybridized carbons (Fsp3) is 0.600. The van der Waals surface area contributed by atoms with Gasteiger partial charge in [-0.25, -0.2) is 0 Å². The number of rotatable bonds is 2. The maximum absolute atomic E-state index is 6.30. The summed E-state index contributed by atoms with van der Waals surface area (Å²) >= 11 is 1.81. The van der Waals surface area contributed by atoms with Crippen LogP contribution in [0.2, 0.25) is 0 Å². The predicted octanol–water partition coefficient (Wildman–Crippen LogP) is 1.51. The Balaban J connectivity index is 2.01. The van der Waals surface area contributed by atoms with Gasteiger partial charge in [-0.2, -0.15) is 0 Å². The molecular formula is C10H13NOS. The molecule has 1 saturated heterocycles. The Bertz CT molecular complexity index is 312. The number of hydrogen-bond acceptors (Lipinski definition) is 3. The minimum Gasteiger partial charge on any atom is -0.379 e. The summed E-state index contributed by atoms with van der Waals surface area (Å²) in [6.07, 6.45) is 2.32. The molecule has 70 valence electrons. The van der Waals surface area contributed by atoms with E-state index in [1.807, 2.05) is 11.3 Å². The molecule has 0 atom stereocenters. The molecule has 0 unspecified atom stereocenters. The van der Waals surface area contributed by atoms with Crippen LogP contribution in [-0.4, -0.2) is 18.8 Å². The van der Waals surface area contributed by atoms with E-state index >= 15 is 0 Å². The number of ether oxygens (including phenoxy) is 1. The van der Waals surface area contributed by atoms with E-state index in [-0.39, 0.29) is 11.0 Å². The van der Waals surface area contributed by atoms with Crippen molar-refractivity contribution in [1.29, 1.82) is 0 Å². The molecule has 1 aliphatic carbocycles. The zero-order valence-corrected chi connectivity index (χ0v) is 8.27. The quantitative estimate of drug-likeness (QED) is 0.776. The van der Waals surface area contributed by atoms with Crippen LogP contribution in [0.4, 0.5) is 0 Å². The van der Waals surface area contributed by atoms with Crippen LogP contribution in [0.1, 0.15) is 17.7 Å². The second-order valence-corrected chi connectivity index (χ2v) is 5.16. The first-order chi connectivity index (χ1) is 6.27. The van der Waals surface area contributed by atoms with E-state index in [4.69, 9.17) is 10.5 Å². The summed E-state index contributed by atoms with van der Waals surface area (Å²) in [6, 6.07) is 4.30. The van der Waals surface area contributed by atoms with Gasteiger partial charge in [-0.05, 0) is 24.3 Å². The standard InChI is InChI=1S/C10H13NOS/c11-10(3-4-10)9(6-12-7-9)8-2-1-5-13-8/h1-2,5H,3-4,6-7,11H2. The summed E-state index contributed by atoms with van der Waals surface area (Å²) in [6.45, 7) is 1.65. The molecule has 2 fully saturated rings. The fourth-order valence-corrected chi connectivity index (χ4v) is 3.15. The highest BCUT2D eigenvalue weighted by Gasteiger charge is 2.61. The Morgan fingerprint density at radius 2 is 2.15 bits per heavy atom. The Morgan fingerprint density at radius 1 is 1.38 bits per heavy atom. The van der Waals surface area contributed by atoms with Crippen LogP contribution in [0.5, 0.6) is 0 Å². The van der Waals surface area contributed by atoms with Crippen molar-refractivity contribution in [2.24, 2.45) is 5.73 Å². The summed E-state index contributed by atoms with van der Waals surface area (Å²) in [4.78, 5) is 1.42. The highest BCUT2D eigenvalue weighted by atomic mass is 32.1. The summed E-state index contributed by atoms with van der Waals surface area (Å²) in [5.41, 5.74) is 6.52. The van der Waals surface area contributed by atoms with Crippen LogP contribution in [0, 0.1) is 0 Å². The minimum atomic E-state index is 0.0517. The van der Waals surface area contributed by atoms with Crippen molar-refractivity contribution in [1.82, 2.24) is 0 Å². The van der Waals surface area contributed by atoms with Crippen molar-refractivity contribution in [3.63, 3.8) is 0 Å². The molecule has 1 saturated carbocycles.